The van der Waals surface area contributed by atoms with Crippen LogP contribution in [-0.4, -0.2) is 17.8 Å². The number of thioether (sulfide) groups is 1. The molecule has 96 valence electrons. The lowest BCUT2D eigenvalue weighted by atomic mass is 10.2. The molecule has 1 unspecified atom stereocenters. The molecule has 0 aliphatic heterocycles. The molecule has 0 radical (unpaired) electrons. The van der Waals surface area contributed by atoms with E-state index in [0.717, 1.165) is 24.3 Å². The van der Waals surface area contributed by atoms with Gasteiger partial charge in [-0.3, -0.25) is 0 Å². The fourth-order valence-corrected chi connectivity index (χ4v) is 2.66. The van der Waals surface area contributed by atoms with Crippen molar-refractivity contribution < 1.29 is 4.39 Å². The third-order valence-electron chi connectivity index (χ3n) is 2.84. The monoisotopic (exact) mass is 255 g/mol. The van der Waals surface area contributed by atoms with Crippen molar-refractivity contribution in [1.82, 2.24) is 5.32 Å². The minimum absolute atomic E-state index is 0.119. The topological polar surface area (TPSA) is 12.0 Å². The van der Waals surface area contributed by atoms with Gasteiger partial charge in [0.25, 0.3) is 0 Å². The smallest absolute Gasteiger partial charge is 0.136 e. The summed E-state index contributed by atoms with van der Waals surface area (Å²) < 4.78 is 13.4. The number of rotatable bonds is 7. The Kier molecular flexibility index (Phi) is 6.60. The Hall–Kier alpha value is -0.540. The second-order valence-electron chi connectivity index (χ2n) is 4.28. The van der Waals surface area contributed by atoms with Gasteiger partial charge in [0.2, 0.25) is 0 Å². The lowest BCUT2D eigenvalue weighted by Gasteiger charge is -2.18. The number of halogens is 1. The van der Waals surface area contributed by atoms with E-state index in [1.807, 2.05) is 12.1 Å². The molecule has 0 aromatic heterocycles. The van der Waals surface area contributed by atoms with Crippen molar-refractivity contribution in [2.75, 3.05) is 6.54 Å². The average Bonchev–Trinajstić information content (AvgIpc) is 2.33. The summed E-state index contributed by atoms with van der Waals surface area (Å²) >= 11 is 1.60. The zero-order valence-corrected chi connectivity index (χ0v) is 11.7. The van der Waals surface area contributed by atoms with Crippen LogP contribution in [0, 0.1) is 5.82 Å². The Morgan fingerprint density at radius 3 is 2.47 bits per heavy atom. The Morgan fingerprint density at radius 2 is 1.88 bits per heavy atom. The zero-order valence-electron chi connectivity index (χ0n) is 10.9. The van der Waals surface area contributed by atoms with Crippen molar-refractivity contribution in [3.8, 4) is 0 Å². The highest BCUT2D eigenvalue weighted by Crippen LogP contribution is 2.25. The first-order valence-corrected chi connectivity index (χ1v) is 7.19. The molecule has 1 aromatic rings. The summed E-state index contributed by atoms with van der Waals surface area (Å²) in [6, 6.07) is 7.55. The van der Waals surface area contributed by atoms with E-state index in [0.29, 0.717) is 11.3 Å². The van der Waals surface area contributed by atoms with E-state index in [4.69, 9.17) is 0 Å². The molecule has 17 heavy (non-hydrogen) atoms. The van der Waals surface area contributed by atoms with Crippen LogP contribution in [0.3, 0.4) is 0 Å². The molecule has 0 saturated carbocycles. The van der Waals surface area contributed by atoms with Crippen LogP contribution in [0.2, 0.25) is 0 Å². The van der Waals surface area contributed by atoms with E-state index >= 15 is 0 Å². The molecule has 0 spiro atoms. The van der Waals surface area contributed by atoms with Gasteiger partial charge in [0.15, 0.2) is 0 Å². The van der Waals surface area contributed by atoms with Crippen molar-refractivity contribution in [2.45, 2.75) is 49.8 Å². The van der Waals surface area contributed by atoms with Crippen LogP contribution in [0.5, 0.6) is 0 Å². The highest BCUT2D eigenvalue weighted by Gasteiger charge is 2.09. The van der Waals surface area contributed by atoms with Gasteiger partial charge in [-0.1, -0.05) is 32.9 Å². The van der Waals surface area contributed by atoms with Crippen molar-refractivity contribution in [1.29, 1.82) is 0 Å². The Bertz CT molecular complexity index is 326. The first-order chi connectivity index (χ1) is 8.17. The summed E-state index contributed by atoms with van der Waals surface area (Å²) in [5, 5.41) is 3.90. The minimum Gasteiger partial charge on any atom is -0.313 e. The van der Waals surface area contributed by atoms with Gasteiger partial charge in [0, 0.05) is 22.7 Å². The average molecular weight is 255 g/mol. The molecule has 0 amide bonds. The van der Waals surface area contributed by atoms with E-state index in [1.165, 1.54) is 6.07 Å². The van der Waals surface area contributed by atoms with Gasteiger partial charge >= 0.3 is 0 Å². The van der Waals surface area contributed by atoms with Gasteiger partial charge in [0.05, 0.1) is 0 Å². The van der Waals surface area contributed by atoms with Crippen LogP contribution < -0.4 is 5.32 Å². The summed E-state index contributed by atoms with van der Waals surface area (Å²) in [5.74, 6) is -0.119. The highest BCUT2D eigenvalue weighted by atomic mass is 32.2. The molecule has 0 saturated heterocycles. The fraction of sp³-hybridized carbons (Fsp3) is 0.571. The molecule has 1 N–H and O–H groups in total. The maximum absolute atomic E-state index is 13.4. The molecule has 1 rings (SSSR count). The van der Waals surface area contributed by atoms with E-state index in [1.54, 1.807) is 17.8 Å². The molecule has 0 fully saturated rings. The largest absolute Gasteiger partial charge is 0.313 e. The van der Waals surface area contributed by atoms with E-state index < -0.39 is 0 Å². The standard InChI is InChI=1S/C14H22FNS/c1-4-12(5-2)16-10-11(3)17-14-9-7-6-8-13(14)15/h6-9,11-12,16H,4-5,10H2,1-3H3. The first kappa shape index (κ1) is 14.5. The van der Waals surface area contributed by atoms with Crippen molar-refractivity contribution in [3.05, 3.63) is 30.1 Å². The number of benzene rings is 1. The number of hydrogen-bond donors (Lipinski definition) is 1. The second-order valence-corrected chi connectivity index (χ2v) is 5.76. The molecule has 0 heterocycles. The number of hydrogen-bond acceptors (Lipinski definition) is 2. The van der Waals surface area contributed by atoms with E-state index in [9.17, 15) is 4.39 Å². The number of nitrogens with one attached hydrogen (secondary N) is 1. The fourth-order valence-electron chi connectivity index (χ4n) is 1.71. The van der Waals surface area contributed by atoms with Gasteiger partial charge in [0.1, 0.15) is 5.82 Å². The predicted octanol–water partition coefficient (Wildman–Crippen LogP) is 4.08. The SMILES string of the molecule is CCC(CC)NCC(C)Sc1ccccc1F. The maximum atomic E-state index is 13.4. The zero-order chi connectivity index (χ0) is 12.7. The summed E-state index contributed by atoms with van der Waals surface area (Å²) in [7, 11) is 0. The van der Waals surface area contributed by atoms with Gasteiger partial charge in [-0.2, -0.15) is 0 Å². The van der Waals surface area contributed by atoms with Crippen molar-refractivity contribution in [3.63, 3.8) is 0 Å². The first-order valence-electron chi connectivity index (χ1n) is 6.31. The molecule has 1 atom stereocenters. The van der Waals surface area contributed by atoms with Crippen LogP contribution in [-0.2, 0) is 0 Å². The van der Waals surface area contributed by atoms with Gasteiger partial charge in [-0.25, -0.2) is 4.39 Å². The van der Waals surface area contributed by atoms with Gasteiger partial charge in [-0.05, 0) is 25.0 Å². The molecule has 0 aliphatic rings. The van der Waals surface area contributed by atoms with Crippen molar-refractivity contribution >= 4 is 11.8 Å². The summed E-state index contributed by atoms with van der Waals surface area (Å²) in [4.78, 5) is 0.742. The molecule has 0 bridgehead atoms. The lowest BCUT2D eigenvalue weighted by Crippen LogP contribution is -2.32. The van der Waals surface area contributed by atoms with Crippen LogP contribution in [0.15, 0.2) is 29.2 Å². The van der Waals surface area contributed by atoms with Gasteiger partial charge < -0.3 is 5.32 Å². The quantitative estimate of drug-likeness (QED) is 0.737. The normalized spacial score (nSPS) is 13.0. The maximum Gasteiger partial charge on any atom is 0.136 e. The van der Waals surface area contributed by atoms with E-state index in [2.05, 4.69) is 26.1 Å². The minimum atomic E-state index is -0.119. The van der Waals surface area contributed by atoms with Crippen LogP contribution in [0.25, 0.3) is 0 Å². The molecule has 3 heteroatoms. The summed E-state index contributed by atoms with van der Waals surface area (Å²) in [6.07, 6.45) is 2.29. The molecular weight excluding hydrogens is 233 g/mol. The third kappa shape index (κ3) is 5.09. The molecule has 1 nitrogen and oxygen atoms in total. The predicted molar refractivity (Wildman–Crippen MR) is 74.1 cm³/mol. The summed E-state index contributed by atoms with van der Waals surface area (Å²) in [5.41, 5.74) is 0. The second kappa shape index (κ2) is 7.72. The van der Waals surface area contributed by atoms with Crippen LogP contribution in [0.1, 0.15) is 33.6 Å². The van der Waals surface area contributed by atoms with E-state index in [-0.39, 0.29) is 5.82 Å². The third-order valence-corrected chi connectivity index (χ3v) is 4.00. The summed E-state index contributed by atoms with van der Waals surface area (Å²) in [6.45, 7) is 7.43. The van der Waals surface area contributed by atoms with Crippen LogP contribution in [0.4, 0.5) is 4.39 Å². The highest BCUT2D eigenvalue weighted by molar-refractivity contribution is 8.00. The molecular formula is C14H22FNS. The lowest BCUT2D eigenvalue weighted by molar-refractivity contribution is 0.487. The van der Waals surface area contributed by atoms with Crippen molar-refractivity contribution in [2.24, 2.45) is 0 Å². The Morgan fingerprint density at radius 1 is 1.24 bits per heavy atom. The Balaban J connectivity index is 2.39. The van der Waals surface area contributed by atoms with Gasteiger partial charge in [-0.15, -0.1) is 11.8 Å². The molecule has 1 aromatic carbocycles. The molecule has 0 aliphatic carbocycles. The van der Waals surface area contributed by atoms with Crippen LogP contribution >= 0.6 is 11.8 Å². The Labute approximate surface area is 108 Å².